The van der Waals surface area contributed by atoms with Gasteiger partial charge >= 0.3 is 0 Å². The van der Waals surface area contributed by atoms with Crippen molar-refractivity contribution in [1.82, 2.24) is 4.90 Å². The molecule has 0 radical (unpaired) electrons. The quantitative estimate of drug-likeness (QED) is 0.857. The van der Waals surface area contributed by atoms with Crippen LogP contribution in [0.1, 0.15) is 32.3 Å². The molecule has 0 spiro atoms. The molecule has 114 valence electrons. The summed E-state index contributed by atoms with van der Waals surface area (Å²) in [6.07, 6.45) is 2.28. The summed E-state index contributed by atoms with van der Waals surface area (Å²) >= 11 is 0. The van der Waals surface area contributed by atoms with Crippen LogP contribution in [0.25, 0.3) is 0 Å². The van der Waals surface area contributed by atoms with Gasteiger partial charge in [0.2, 0.25) is 0 Å². The second-order valence-corrected chi connectivity index (χ2v) is 8.08. The van der Waals surface area contributed by atoms with E-state index in [1.807, 2.05) is 6.07 Å². The zero-order valence-electron chi connectivity index (χ0n) is 12.6. The number of piperidine rings is 1. The van der Waals surface area contributed by atoms with Gasteiger partial charge in [0.15, 0.2) is 9.84 Å². The van der Waals surface area contributed by atoms with E-state index in [0.717, 1.165) is 25.3 Å². The zero-order chi connectivity index (χ0) is 15.5. The molecule has 1 aliphatic heterocycles. The van der Waals surface area contributed by atoms with E-state index in [4.69, 9.17) is 5.26 Å². The van der Waals surface area contributed by atoms with E-state index in [0.29, 0.717) is 23.0 Å². The van der Waals surface area contributed by atoms with Crippen molar-refractivity contribution in [3.05, 3.63) is 29.8 Å². The Labute approximate surface area is 127 Å². The Bertz CT molecular complexity index is 617. The first kappa shape index (κ1) is 16.0. The number of sulfone groups is 1. The summed E-state index contributed by atoms with van der Waals surface area (Å²) in [6, 6.07) is 8.60. The highest BCUT2D eigenvalue weighted by atomic mass is 32.2. The van der Waals surface area contributed by atoms with Crippen molar-refractivity contribution in [1.29, 1.82) is 5.26 Å². The Kier molecular flexibility index (Phi) is 5.02. The van der Waals surface area contributed by atoms with E-state index >= 15 is 0 Å². The summed E-state index contributed by atoms with van der Waals surface area (Å²) in [7, 11) is -3.27. The lowest BCUT2D eigenvalue weighted by atomic mass is 9.93. The molecule has 1 aliphatic rings. The maximum absolute atomic E-state index is 12.3. The topological polar surface area (TPSA) is 61.2 Å². The van der Waals surface area contributed by atoms with Gasteiger partial charge in [-0.3, -0.25) is 4.90 Å². The first-order valence-electron chi connectivity index (χ1n) is 7.39. The lowest BCUT2D eigenvalue weighted by molar-refractivity contribution is 0.137. The van der Waals surface area contributed by atoms with Crippen LogP contribution in [-0.4, -0.2) is 38.2 Å². The van der Waals surface area contributed by atoms with Crippen molar-refractivity contribution in [2.24, 2.45) is 5.92 Å². The van der Waals surface area contributed by atoms with Gasteiger partial charge in [-0.25, -0.2) is 8.42 Å². The van der Waals surface area contributed by atoms with Crippen molar-refractivity contribution < 1.29 is 8.42 Å². The monoisotopic (exact) mass is 306 g/mol. The first-order chi connectivity index (χ1) is 9.92. The molecule has 0 aliphatic carbocycles. The van der Waals surface area contributed by atoms with E-state index < -0.39 is 9.84 Å². The van der Waals surface area contributed by atoms with Crippen molar-refractivity contribution >= 4 is 9.84 Å². The minimum Gasteiger partial charge on any atom is -0.300 e. The van der Waals surface area contributed by atoms with Crippen molar-refractivity contribution in [2.45, 2.75) is 37.6 Å². The van der Waals surface area contributed by atoms with Crippen LogP contribution in [0, 0.1) is 17.2 Å². The lowest BCUT2D eigenvalue weighted by Gasteiger charge is -2.36. The second kappa shape index (κ2) is 6.59. The van der Waals surface area contributed by atoms with Crippen LogP contribution in [0.4, 0.5) is 0 Å². The van der Waals surface area contributed by atoms with Crippen LogP contribution in [0.15, 0.2) is 29.2 Å². The van der Waals surface area contributed by atoms with Crippen molar-refractivity contribution in [2.75, 3.05) is 18.8 Å². The fourth-order valence-electron chi connectivity index (χ4n) is 2.88. The zero-order valence-corrected chi connectivity index (χ0v) is 13.4. The molecule has 4 nitrogen and oxygen atoms in total. The second-order valence-electron chi connectivity index (χ2n) is 5.97. The minimum atomic E-state index is -3.27. The highest BCUT2D eigenvalue weighted by Gasteiger charge is 2.24. The molecule has 1 fully saturated rings. The molecule has 0 saturated carbocycles. The maximum Gasteiger partial charge on any atom is 0.179 e. The van der Waals surface area contributed by atoms with Gasteiger partial charge in [-0.2, -0.15) is 5.26 Å². The molecule has 0 aromatic heterocycles. The van der Waals surface area contributed by atoms with E-state index in [-0.39, 0.29) is 5.75 Å². The summed E-state index contributed by atoms with van der Waals surface area (Å²) in [4.78, 5) is 2.57. The van der Waals surface area contributed by atoms with Gasteiger partial charge in [0, 0.05) is 12.6 Å². The number of nitriles is 1. The molecular weight excluding hydrogens is 284 g/mol. The summed E-state index contributed by atoms with van der Waals surface area (Å²) in [5, 5.41) is 8.75. The largest absolute Gasteiger partial charge is 0.300 e. The first-order valence-corrected chi connectivity index (χ1v) is 9.04. The van der Waals surface area contributed by atoms with Gasteiger partial charge in [0.25, 0.3) is 0 Å². The molecule has 1 aromatic carbocycles. The highest BCUT2D eigenvalue weighted by Crippen LogP contribution is 2.22. The number of hydrogen-bond donors (Lipinski definition) is 0. The van der Waals surface area contributed by atoms with Crippen molar-refractivity contribution in [3.63, 3.8) is 0 Å². The number of likely N-dealkylation sites (tertiary alicyclic amines) is 1. The van der Waals surface area contributed by atoms with Crippen LogP contribution in [-0.2, 0) is 9.84 Å². The fraction of sp³-hybridized carbons (Fsp3) is 0.562. The molecule has 0 bridgehead atoms. The summed E-state index contributed by atoms with van der Waals surface area (Å²) in [5.74, 6) is 0.865. The number of benzene rings is 1. The Hall–Kier alpha value is -1.38. The van der Waals surface area contributed by atoms with Gasteiger partial charge in [-0.15, -0.1) is 0 Å². The van der Waals surface area contributed by atoms with Crippen LogP contribution in [0.3, 0.4) is 0 Å². The molecule has 1 saturated heterocycles. The summed E-state index contributed by atoms with van der Waals surface area (Å²) < 4.78 is 24.7. The molecule has 2 rings (SSSR count). The third kappa shape index (κ3) is 4.05. The number of rotatable bonds is 4. The molecule has 0 amide bonds. The Balaban J connectivity index is 1.99. The predicted octanol–water partition coefficient (Wildman–Crippen LogP) is 2.45. The maximum atomic E-state index is 12.3. The van der Waals surface area contributed by atoms with Gasteiger partial charge in [-0.05, 0) is 56.5 Å². The van der Waals surface area contributed by atoms with Crippen LogP contribution >= 0.6 is 0 Å². The third-order valence-electron chi connectivity index (χ3n) is 4.27. The minimum absolute atomic E-state index is 0.137. The van der Waals surface area contributed by atoms with Crippen molar-refractivity contribution in [3.8, 4) is 6.07 Å². The Morgan fingerprint density at radius 1 is 1.29 bits per heavy atom. The lowest BCUT2D eigenvalue weighted by Crippen LogP contribution is -2.42. The summed E-state index contributed by atoms with van der Waals surface area (Å²) in [5.41, 5.74) is 0.479. The molecule has 1 heterocycles. The van der Waals surface area contributed by atoms with E-state index in [9.17, 15) is 8.42 Å². The average molecular weight is 306 g/mol. The smallest absolute Gasteiger partial charge is 0.179 e. The average Bonchev–Trinajstić information content (AvgIpc) is 2.46. The Morgan fingerprint density at radius 2 is 1.95 bits per heavy atom. The predicted molar refractivity (Wildman–Crippen MR) is 82.6 cm³/mol. The molecule has 0 unspecified atom stereocenters. The van der Waals surface area contributed by atoms with E-state index in [1.165, 1.54) is 12.1 Å². The normalized spacial score (nSPS) is 23.7. The van der Waals surface area contributed by atoms with Crippen LogP contribution in [0.5, 0.6) is 0 Å². The molecule has 1 aromatic rings. The fourth-order valence-corrected chi connectivity index (χ4v) is 4.14. The van der Waals surface area contributed by atoms with Gasteiger partial charge in [-0.1, -0.05) is 6.92 Å². The number of nitrogens with zero attached hydrogens (tertiary/aromatic N) is 2. The molecular formula is C16H22N2O2S. The molecule has 5 heteroatoms. The Morgan fingerprint density at radius 3 is 2.52 bits per heavy atom. The number of hydrogen-bond acceptors (Lipinski definition) is 4. The van der Waals surface area contributed by atoms with Gasteiger partial charge in [0.1, 0.15) is 0 Å². The molecule has 21 heavy (non-hydrogen) atoms. The van der Waals surface area contributed by atoms with E-state index in [1.54, 1.807) is 12.1 Å². The SMILES string of the molecule is C[C@H]1CCN(CCS(=O)(=O)c2ccc(C#N)cc2)[C@@H](C)C1. The standard InChI is InChI=1S/C16H22N2O2S/c1-13-7-8-18(14(2)11-13)9-10-21(19,20)16-5-3-15(12-17)4-6-16/h3-6,13-14H,7-11H2,1-2H3/t13-,14-/m0/s1. The van der Waals surface area contributed by atoms with Crippen LogP contribution in [0.2, 0.25) is 0 Å². The third-order valence-corrected chi connectivity index (χ3v) is 5.98. The molecule has 0 N–H and O–H groups in total. The van der Waals surface area contributed by atoms with Gasteiger partial charge < -0.3 is 0 Å². The summed E-state index contributed by atoms with van der Waals surface area (Å²) in [6.45, 7) is 5.98. The van der Waals surface area contributed by atoms with E-state index in [2.05, 4.69) is 18.7 Å². The van der Waals surface area contributed by atoms with Gasteiger partial charge in [0.05, 0.1) is 22.3 Å². The van der Waals surface area contributed by atoms with Crippen LogP contribution < -0.4 is 0 Å². The molecule has 2 atom stereocenters. The highest BCUT2D eigenvalue weighted by molar-refractivity contribution is 7.91.